The molecule has 3 heterocycles. The summed E-state index contributed by atoms with van der Waals surface area (Å²) in [5, 5.41) is 9.48. The van der Waals surface area contributed by atoms with Gasteiger partial charge in [0.1, 0.15) is 0 Å². The Hall–Kier alpha value is -3.77. The van der Waals surface area contributed by atoms with Gasteiger partial charge in [-0.1, -0.05) is 56.4 Å². The molecule has 0 amide bonds. The van der Waals surface area contributed by atoms with Crippen molar-refractivity contribution < 1.29 is 0 Å². The zero-order chi connectivity index (χ0) is 25.1. The monoisotopic (exact) mass is 466 g/mol. The van der Waals surface area contributed by atoms with Crippen molar-refractivity contribution in [3.8, 4) is 11.3 Å². The third-order valence-electron chi connectivity index (χ3n) is 6.30. The lowest BCUT2D eigenvalue weighted by molar-refractivity contribution is 0.663. The summed E-state index contributed by atoms with van der Waals surface area (Å²) in [5.41, 5.74) is 16.9. The molecule has 0 aliphatic heterocycles. The van der Waals surface area contributed by atoms with Crippen LogP contribution in [0.2, 0.25) is 0 Å². The first-order valence-electron chi connectivity index (χ1n) is 12.1. The number of fused-ring (bicyclic) bond motifs is 1. The van der Waals surface area contributed by atoms with Crippen molar-refractivity contribution in [3.63, 3.8) is 0 Å². The molecule has 35 heavy (non-hydrogen) atoms. The van der Waals surface area contributed by atoms with Crippen LogP contribution in [0.1, 0.15) is 55.5 Å². The van der Waals surface area contributed by atoms with E-state index in [1.54, 1.807) is 16.9 Å². The van der Waals surface area contributed by atoms with Crippen LogP contribution in [0.4, 0.5) is 0 Å². The lowest BCUT2D eigenvalue weighted by atomic mass is 9.92. The van der Waals surface area contributed by atoms with Gasteiger partial charge in [-0.05, 0) is 55.5 Å². The number of rotatable bonds is 9. The van der Waals surface area contributed by atoms with E-state index in [4.69, 9.17) is 10.8 Å². The smallest absolute Gasteiger partial charge is 0.162 e. The maximum absolute atomic E-state index is 6.90. The predicted octanol–water partition coefficient (Wildman–Crippen LogP) is 6.09. The zero-order valence-corrected chi connectivity index (χ0v) is 21.1. The van der Waals surface area contributed by atoms with Crippen LogP contribution in [0.15, 0.2) is 79.4 Å². The quantitative estimate of drug-likeness (QED) is 0.303. The number of hydrogen-bond donors (Lipinski definition) is 1. The molecule has 1 aromatic carbocycles. The third-order valence-corrected chi connectivity index (χ3v) is 6.30. The highest BCUT2D eigenvalue weighted by molar-refractivity contribution is 5.80. The van der Waals surface area contributed by atoms with Gasteiger partial charge in [0, 0.05) is 35.3 Å². The Morgan fingerprint density at radius 3 is 2.74 bits per heavy atom. The molecule has 2 N–H and O–H groups in total. The molecule has 180 valence electrons. The fourth-order valence-electron chi connectivity index (χ4n) is 4.40. The number of aromatic nitrogens is 5. The van der Waals surface area contributed by atoms with Crippen molar-refractivity contribution in [2.75, 3.05) is 0 Å². The standard InChI is InChI=1S/C29H34N6/c1-7-22(14-19(3)4)17-34-18-26(28(33-34)24-15-20(5)10-11-23(24)8-2)27(30)21(6)25-16-32-35-13-9-12-31-29(25)35/h9-16,18,27H,3,6-8,17,30H2,1-2,4-5H3/b22-14+. The van der Waals surface area contributed by atoms with Crippen molar-refractivity contribution in [2.24, 2.45) is 5.73 Å². The summed E-state index contributed by atoms with van der Waals surface area (Å²) in [5.74, 6) is 0. The van der Waals surface area contributed by atoms with Gasteiger partial charge in [-0.25, -0.2) is 9.50 Å². The highest BCUT2D eigenvalue weighted by Gasteiger charge is 2.24. The van der Waals surface area contributed by atoms with Gasteiger partial charge in [-0.3, -0.25) is 4.68 Å². The Labute approximate surface area is 207 Å². The van der Waals surface area contributed by atoms with Gasteiger partial charge >= 0.3 is 0 Å². The molecular weight excluding hydrogens is 432 g/mol. The van der Waals surface area contributed by atoms with Crippen LogP contribution in [-0.2, 0) is 13.0 Å². The summed E-state index contributed by atoms with van der Waals surface area (Å²) in [6.45, 7) is 17.5. The number of nitrogens with two attached hydrogens (primary N) is 1. The normalized spacial score (nSPS) is 12.8. The Kier molecular flexibility index (Phi) is 7.12. The molecule has 1 atom stereocenters. The molecule has 3 aromatic heterocycles. The van der Waals surface area contributed by atoms with Gasteiger partial charge in [0.25, 0.3) is 0 Å². The third kappa shape index (κ3) is 5.03. The maximum Gasteiger partial charge on any atom is 0.162 e. The molecule has 0 saturated carbocycles. The van der Waals surface area contributed by atoms with Gasteiger partial charge < -0.3 is 5.73 Å². The highest BCUT2D eigenvalue weighted by atomic mass is 15.3. The molecule has 0 radical (unpaired) electrons. The molecule has 0 spiro atoms. The second-order valence-electron chi connectivity index (χ2n) is 9.10. The number of benzene rings is 1. The molecule has 0 aliphatic rings. The largest absolute Gasteiger partial charge is 0.320 e. The van der Waals surface area contributed by atoms with Gasteiger partial charge in [0.2, 0.25) is 0 Å². The van der Waals surface area contributed by atoms with Crippen LogP contribution in [0.25, 0.3) is 22.5 Å². The highest BCUT2D eigenvalue weighted by Crippen LogP contribution is 2.36. The Bertz CT molecular complexity index is 1420. The molecule has 6 heteroatoms. The lowest BCUT2D eigenvalue weighted by Crippen LogP contribution is -2.13. The number of aryl methyl sites for hydroxylation is 2. The molecule has 1 unspecified atom stereocenters. The van der Waals surface area contributed by atoms with E-state index in [0.717, 1.165) is 52.0 Å². The van der Waals surface area contributed by atoms with Crippen LogP contribution in [0.5, 0.6) is 0 Å². The van der Waals surface area contributed by atoms with E-state index >= 15 is 0 Å². The summed E-state index contributed by atoms with van der Waals surface area (Å²) in [6.07, 6.45) is 11.4. The number of nitrogens with zero attached hydrogens (tertiary/aromatic N) is 5. The predicted molar refractivity (Wildman–Crippen MR) is 144 cm³/mol. The summed E-state index contributed by atoms with van der Waals surface area (Å²) in [6, 6.07) is 7.91. The fraction of sp³-hybridized carbons (Fsp3) is 0.276. The van der Waals surface area contributed by atoms with Crippen LogP contribution >= 0.6 is 0 Å². The number of hydrogen-bond acceptors (Lipinski definition) is 4. The van der Waals surface area contributed by atoms with E-state index in [1.807, 2.05) is 23.9 Å². The van der Waals surface area contributed by atoms with Crippen molar-refractivity contribution in [2.45, 2.75) is 53.1 Å². The summed E-state index contributed by atoms with van der Waals surface area (Å²) in [4.78, 5) is 4.49. The maximum atomic E-state index is 6.90. The summed E-state index contributed by atoms with van der Waals surface area (Å²) >= 11 is 0. The van der Waals surface area contributed by atoms with E-state index in [2.05, 4.69) is 74.5 Å². The second-order valence-corrected chi connectivity index (χ2v) is 9.10. The van der Waals surface area contributed by atoms with Gasteiger partial charge in [0.05, 0.1) is 24.5 Å². The van der Waals surface area contributed by atoms with E-state index in [0.29, 0.717) is 6.54 Å². The first-order chi connectivity index (χ1) is 16.8. The molecule has 4 rings (SSSR count). The molecule has 0 fully saturated rings. The molecule has 0 aliphatic carbocycles. The fourth-order valence-corrected chi connectivity index (χ4v) is 4.40. The number of allylic oxidation sites excluding steroid dienone is 3. The average Bonchev–Trinajstić information content (AvgIpc) is 3.47. The molecule has 0 saturated heterocycles. The van der Waals surface area contributed by atoms with E-state index < -0.39 is 6.04 Å². The first kappa shape index (κ1) is 24.4. The van der Waals surface area contributed by atoms with Gasteiger partial charge in [-0.15, -0.1) is 0 Å². The topological polar surface area (TPSA) is 74.0 Å². The lowest BCUT2D eigenvalue weighted by Gasteiger charge is -2.16. The Morgan fingerprint density at radius 2 is 2.03 bits per heavy atom. The molecule has 4 aromatic rings. The summed E-state index contributed by atoms with van der Waals surface area (Å²) < 4.78 is 3.73. The minimum Gasteiger partial charge on any atom is -0.320 e. The van der Waals surface area contributed by atoms with Crippen molar-refractivity contribution in [1.82, 2.24) is 24.4 Å². The van der Waals surface area contributed by atoms with Gasteiger partial charge in [-0.2, -0.15) is 10.2 Å². The van der Waals surface area contributed by atoms with Crippen LogP contribution < -0.4 is 5.73 Å². The van der Waals surface area contributed by atoms with Crippen LogP contribution in [0.3, 0.4) is 0 Å². The average molecular weight is 467 g/mol. The van der Waals surface area contributed by atoms with Crippen molar-refractivity contribution in [1.29, 1.82) is 0 Å². The Balaban J connectivity index is 1.83. The Morgan fingerprint density at radius 1 is 1.23 bits per heavy atom. The van der Waals surface area contributed by atoms with Crippen LogP contribution in [0, 0.1) is 6.92 Å². The van der Waals surface area contributed by atoms with E-state index in [9.17, 15) is 0 Å². The van der Waals surface area contributed by atoms with Crippen molar-refractivity contribution >= 4 is 11.2 Å². The SMILES string of the molecule is C=C(C)/C=C(\CC)Cn1cc(C(N)C(=C)c2cnn3cccnc23)c(-c2cc(C)ccc2CC)n1. The molecule has 0 bridgehead atoms. The minimum absolute atomic E-state index is 0.464. The van der Waals surface area contributed by atoms with E-state index in [1.165, 1.54) is 16.7 Å². The first-order valence-corrected chi connectivity index (χ1v) is 12.1. The second kappa shape index (κ2) is 10.2. The zero-order valence-electron chi connectivity index (χ0n) is 21.1. The minimum atomic E-state index is -0.464. The summed E-state index contributed by atoms with van der Waals surface area (Å²) in [7, 11) is 0. The van der Waals surface area contributed by atoms with Crippen LogP contribution in [-0.4, -0.2) is 24.4 Å². The molecule has 6 nitrogen and oxygen atoms in total. The van der Waals surface area contributed by atoms with E-state index in [-0.39, 0.29) is 0 Å². The van der Waals surface area contributed by atoms with Gasteiger partial charge in [0.15, 0.2) is 5.65 Å². The molecular formula is C29H34N6. The van der Waals surface area contributed by atoms with Crippen molar-refractivity contribution in [3.05, 3.63) is 102 Å².